The molecular weight excluding hydrogens is 322 g/mol. The maximum Gasteiger partial charge on any atom is 0.239 e. The molecular formula is C14H20BrN3O2. The van der Waals surface area contributed by atoms with Crippen LogP contribution in [0, 0.1) is 0 Å². The number of anilines is 2. The third-order valence-corrected chi connectivity index (χ3v) is 3.86. The van der Waals surface area contributed by atoms with Crippen LogP contribution in [0.5, 0.6) is 0 Å². The van der Waals surface area contributed by atoms with Crippen LogP contribution in [0.2, 0.25) is 0 Å². The lowest BCUT2D eigenvalue weighted by Crippen LogP contribution is -2.43. The molecule has 1 aliphatic heterocycles. The van der Waals surface area contributed by atoms with Crippen LogP contribution in [0.3, 0.4) is 0 Å². The van der Waals surface area contributed by atoms with E-state index in [4.69, 9.17) is 10.5 Å². The van der Waals surface area contributed by atoms with Gasteiger partial charge in [-0.3, -0.25) is 4.79 Å². The minimum atomic E-state index is 0.0155. The zero-order valence-electron chi connectivity index (χ0n) is 11.6. The predicted molar refractivity (Wildman–Crippen MR) is 83.8 cm³/mol. The molecule has 3 N–H and O–H groups in total. The Hall–Kier alpha value is -1.27. The van der Waals surface area contributed by atoms with Gasteiger partial charge in [0.25, 0.3) is 0 Å². The molecule has 0 spiro atoms. The van der Waals surface area contributed by atoms with Gasteiger partial charge < -0.3 is 20.7 Å². The lowest BCUT2D eigenvalue weighted by atomic mass is 10.1. The van der Waals surface area contributed by atoms with Gasteiger partial charge in [0.15, 0.2) is 0 Å². The third-order valence-electron chi connectivity index (χ3n) is 3.37. The van der Waals surface area contributed by atoms with Gasteiger partial charge in [0.1, 0.15) is 0 Å². The average molecular weight is 342 g/mol. The van der Waals surface area contributed by atoms with E-state index in [1.54, 1.807) is 0 Å². The van der Waals surface area contributed by atoms with Crippen molar-refractivity contribution >= 4 is 33.2 Å². The highest BCUT2D eigenvalue weighted by Gasteiger charge is 2.17. The van der Waals surface area contributed by atoms with E-state index in [0.717, 1.165) is 36.2 Å². The van der Waals surface area contributed by atoms with Crippen molar-refractivity contribution in [3.05, 3.63) is 22.7 Å². The SMILES string of the molecule is CN(CC(=O)NC1CCOCC1)c1ccc(Br)cc1N. The molecule has 1 aromatic rings. The number of hydrogen-bond donors (Lipinski definition) is 2. The highest BCUT2D eigenvalue weighted by molar-refractivity contribution is 9.10. The van der Waals surface area contributed by atoms with E-state index >= 15 is 0 Å². The second-order valence-electron chi connectivity index (χ2n) is 5.01. The Labute approximate surface area is 127 Å². The molecule has 0 unspecified atom stereocenters. The van der Waals surface area contributed by atoms with Crippen LogP contribution < -0.4 is 16.0 Å². The summed E-state index contributed by atoms with van der Waals surface area (Å²) >= 11 is 3.37. The first-order valence-corrected chi connectivity index (χ1v) is 7.49. The highest BCUT2D eigenvalue weighted by atomic mass is 79.9. The van der Waals surface area contributed by atoms with Crippen LogP contribution in [-0.2, 0) is 9.53 Å². The molecule has 1 aliphatic rings. The number of halogens is 1. The first-order chi connectivity index (χ1) is 9.56. The molecule has 0 radical (unpaired) electrons. The summed E-state index contributed by atoms with van der Waals surface area (Å²) < 4.78 is 6.21. The van der Waals surface area contributed by atoms with Crippen molar-refractivity contribution in [2.45, 2.75) is 18.9 Å². The van der Waals surface area contributed by atoms with E-state index in [2.05, 4.69) is 21.2 Å². The summed E-state index contributed by atoms with van der Waals surface area (Å²) in [7, 11) is 1.86. The summed E-state index contributed by atoms with van der Waals surface area (Å²) in [5, 5.41) is 3.04. The maximum absolute atomic E-state index is 12.0. The Morgan fingerprint density at radius 1 is 1.50 bits per heavy atom. The number of rotatable bonds is 4. The fourth-order valence-corrected chi connectivity index (χ4v) is 2.67. The molecule has 1 aromatic carbocycles. The van der Waals surface area contributed by atoms with Crippen LogP contribution in [0.4, 0.5) is 11.4 Å². The number of likely N-dealkylation sites (N-methyl/N-ethyl adjacent to an activating group) is 1. The van der Waals surface area contributed by atoms with Crippen LogP contribution in [0.1, 0.15) is 12.8 Å². The Bertz CT molecular complexity index is 475. The van der Waals surface area contributed by atoms with E-state index in [0.29, 0.717) is 12.2 Å². The summed E-state index contributed by atoms with van der Waals surface area (Å²) in [6.07, 6.45) is 1.77. The normalized spacial score (nSPS) is 15.9. The van der Waals surface area contributed by atoms with Gasteiger partial charge in [-0.1, -0.05) is 15.9 Å². The number of carbonyl (C=O) groups excluding carboxylic acids is 1. The van der Waals surface area contributed by atoms with E-state index in [-0.39, 0.29) is 11.9 Å². The van der Waals surface area contributed by atoms with Crippen LogP contribution in [-0.4, -0.2) is 38.8 Å². The Morgan fingerprint density at radius 3 is 2.85 bits per heavy atom. The van der Waals surface area contributed by atoms with Gasteiger partial charge in [-0.15, -0.1) is 0 Å². The fraction of sp³-hybridized carbons (Fsp3) is 0.500. The largest absolute Gasteiger partial charge is 0.397 e. The molecule has 0 bridgehead atoms. The van der Waals surface area contributed by atoms with Crippen molar-refractivity contribution in [2.75, 3.05) is 37.4 Å². The molecule has 0 aromatic heterocycles. The fourth-order valence-electron chi connectivity index (χ4n) is 2.29. The second-order valence-corrected chi connectivity index (χ2v) is 5.93. The zero-order valence-corrected chi connectivity index (χ0v) is 13.1. The molecule has 6 heteroatoms. The zero-order chi connectivity index (χ0) is 14.5. The standard InChI is InChI=1S/C14H20BrN3O2/c1-18(13-3-2-10(15)8-12(13)16)9-14(19)17-11-4-6-20-7-5-11/h2-3,8,11H,4-7,9,16H2,1H3,(H,17,19). The lowest BCUT2D eigenvalue weighted by Gasteiger charge is -2.25. The lowest BCUT2D eigenvalue weighted by molar-refractivity contribution is -0.121. The number of ether oxygens (including phenoxy) is 1. The highest BCUT2D eigenvalue weighted by Crippen LogP contribution is 2.25. The molecule has 1 amide bonds. The van der Waals surface area contributed by atoms with Gasteiger partial charge in [0.2, 0.25) is 5.91 Å². The number of nitrogens with two attached hydrogens (primary N) is 1. The minimum absolute atomic E-state index is 0.0155. The van der Waals surface area contributed by atoms with Gasteiger partial charge in [0, 0.05) is 30.8 Å². The topological polar surface area (TPSA) is 67.6 Å². The van der Waals surface area contributed by atoms with E-state index in [9.17, 15) is 4.79 Å². The van der Waals surface area contributed by atoms with Gasteiger partial charge >= 0.3 is 0 Å². The molecule has 110 valence electrons. The van der Waals surface area contributed by atoms with Gasteiger partial charge in [-0.05, 0) is 31.0 Å². The third kappa shape index (κ3) is 4.11. The average Bonchev–Trinajstić information content (AvgIpc) is 2.39. The van der Waals surface area contributed by atoms with Crippen molar-refractivity contribution in [1.82, 2.24) is 5.32 Å². The first kappa shape index (κ1) is 15.1. The quantitative estimate of drug-likeness (QED) is 0.819. The van der Waals surface area contributed by atoms with Crippen LogP contribution >= 0.6 is 15.9 Å². The van der Waals surface area contributed by atoms with Crippen molar-refractivity contribution in [3.8, 4) is 0 Å². The van der Waals surface area contributed by atoms with E-state index in [1.165, 1.54) is 0 Å². The van der Waals surface area contributed by atoms with Gasteiger partial charge in [-0.25, -0.2) is 0 Å². The molecule has 0 saturated carbocycles. The van der Waals surface area contributed by atoms with Gasteiger partial charge in [0.05, 0.1) is 17.9 Å². The number of nitrogens with one attached hydrogen (secondary N) is 1. The monoisotopic (exact) mass is 341 g/mol. The molecule has 2 rings (SSSR count). The van der Waals surface area contributed by atoms with Crippen molar-refractivity contribution in [3.63, 3.8) is 0 Å². The van der Waals surface area contributed by atoms with Crippen molar-refractivity contribution < 1.29 is 9.53 Å². The predicted octanol–water partition coefficient (Wildman–Crippen LogP) is 1.76. The number of carbonyl (C=O) groups is 1. The van der Waals surface area contributed by atoms with Crippen LogP contribution in [0.15, 0.2) is 22.7 Å². The van der Waals surface area contributed by atoms with Crippen LogP contribution in [0.25, 0.3) is 0 Å². The molecule has 1 fully saturated rings. The Balaban J connectivity index is 1.89. The molecule has 5 nitrogen and oxygen atoms in total. The number of nitrogens with zero attached hydrogens (tertiary/aromatic N) is 1. The van der Waals surface area contributed by atoms with Crippen molar-refractivity contribution in [1.29, 1.82) is 0 Å². The number of benzene rings is 1. The number of hydrogen-bond acceptors (Lipinski definition) is 4. The Kier molecular flexibility index (Phi) is 5.25. The van der Waals surface area contributed by atoms with Crippen molar-refractivity contribution in [2.24, 2.45) is 0 Å². The Morgan fingerprint density at radius 2 is 2.20 bits per heavy atom. The van der Waals surface area contributed by atoms with Gasteiger partial charge in [-0.2, -0.15) is 0 Å². The summed E-state index contributed by atoms with van der Waals surface area (Å²) in [6, 6.07) is 5.88. The summed E-state index contributed by atoms with van der Waals surface area (Å²) in [5.41, 5.74) is 7.47. The first-order valence-electron chi connectivity index (χ1n) is 6.69. The summed E-state index contributed by atoms with van der Waals surface area (Å²) in [6.45, 7) is 1.74. The number of amides is 1. The van der Waals surface area contributed by atoms with E-state index < -0.39 is 0 Å². The van der Waals surface area contributed by atoms with E-state index in [1.807, 2.05) is 30.1 Å². The molecule has 1 heterocycles. The molecule has 0 aliphatic carbocycles. The minimum Gasteiger partial charge on any atom is -0.397 e. The maximum atomic E-state index is 12.0. The smallest absolute Gasteiger partial charge is 0.239 e. The molecule has 0 atom stereocenters. The summed E-state index contributed by atoms with van der Waals surface area (Å²) in [4.78, 5) is 13.9. The number of nitrogen functional groups attached to an aromatic ring is 1. The molecule has 1 saturated heterocycles. The second kappa shape index (κ2) is 6.95. The molecule has 20 heavy (non-hydrogen) atoms. The summed E-state index contributed by atoms with van der Waals surface area (Å²) in [5.74, 6) is 0.0155.